The van der Waals surface area contributed by atoms with Crippen LogP contribution in [-0.2, 0) is 9.59 Å². The Hall–Kier alpha value is -1.58. The SMILES string of the molecule is CC(C)C1CCC2C3=C1C1CC4C(C)(C(=O)O)CCCC4(C)C4CCC(C(C)C)C(=C14)C3CC1C(C)(C(=O)O)CCCC21C. The molecule has 4 heteroatoms. The van der Waals surface area contributed by atoms with Gasteiger partial charge in [-0.2, -0.15) is 0 Å². The van der Waals surface area contributed by atoms with E-state index in [0.717, 1.165) is 51.4 Å². The molecule has 7 aliphatic rings. The first-order valence-corrected chi connectivity index (χ1v) is 18.6. The molecule has 12 atom stereocenters. The quantitative estimate of drug-likeness (QED) is 0.313. The van der Waals surface area contributed by atoms with Crippen molar-refractivity contribution >= 4 is 11.9 Å². The van der Waals surface area contributed by atoms with Gasteiger partial charge in [-0.3, -0.25) is 9.59 Å². The predicted molar refractivity (Wildman–Crippen MR) is 175 cm³/mol. The molecule has 0 aliphatic heterocycles. The van der Waals surface area contributed by atoms with Crippen LogP contribution in [0.2, 0.25) is 0 Å². The second-order valence-corrected chi connectivity index (χ2v) is 18.6. The maximum absolute atomic E-state index is 13.1. The Balaban J connectivity index is 1.50. The maximum atomic E-state index is 13.1. The van der Waals surface area contributed by atoms with Crippen molar-refractivity contribution in [2.24, 2.45) is 80.8 Å². The molecule has 0 radical (unpaired) electrons. The van der Waals surface area contributed by atoms with Gasteiger partial charge >= 0.3 is 11.9 Å². The minimum absolute atomic E-state index is 0.0213. The molecule has 0 heterocycles. The largest absolute Gasteiger partial charge is 0.481 e. The fourth-order valence-corrected chi connectivity index (χ4v) is 14.3. The Morgan fingerprint density at radius 2 is 0.955 bits per heavy atom. The molecule has 0 amide bonds. The summed E-state index contributed by atoms with van der Waals surface area (Å²) in [6, 6.07) is 0. The van der Waals surface area contributed by atoms with Crippen molar-refractivity contribution in [3.63, 3.8) is 0 Å². The summed E-state index contributed by atoms with van der Waals surface area (Å²) in [5, 5.41) is 21.6. The van der Waals surface area contributed by atoms with Gasteiger partial charge in [-0.25, -0.2) is 0 Å². The Labute approximate surface area is 266 Å². The van der Waals surface area contributed by atoms with Crippen LogP contribution in [0.3, 0.4) is 0 Å². The molecular weight excluding hydrogens is 544 g/mol. The zero-order chi connectivity index (χ0) is 31.7. The summed E-state index contributed by atoms with van der Waals surface area (Å²) in [7, 11) is 0. The van der Waals surface area contributed by atoms with Crippen LogP contribution >= 0.6 is 0 Å². The van der Waals surface area contributed by atoms with E-state index in [2.05, 4.69) is 55.4 Å². The van der Waals surface area contributed by atoms with E-state index < -0.39 is 22.8 Å². The fourth-order valence-electron chi connectivity index (χ4n) is 14.3. The number of rotatable bonds is 4. The zero-order valence-corrected chi connectivity index (χ0v) is 29.0. The fraction of sp³-hybridized carbons (Fsp3) is 0.850. The standard InChI is InChI=1S/C40H60O4/c1-21(2)23-11-13-27-33-26(20-30-37(27,5)15-9-18-40(30,8)36(43)44)32-24(22(3)4)12-14-28-34(32)25(31(23)33)19-29-38(28,6)16-10-17-39(29,7)35(41)42/h21-30H,9-20H2,1-8H3,(H,41,42)(H,43,44). The van der Waals surface area contributed by atoms with E-state index in [-0.39, 0.29) is 22.7 Å². The van der Waals surface area contributed by atoms with Crippen molar-refractivity contribution in [2.45, 2.75) is 132 Å². The van der Waals surface area contributed by atoms with Crippen LogP contribution in [0.15, 0.2) is 22.3 Å². The number of hydrogen-bond donors (Lipinski definition) is 2. The van der Waals surface area contributed by atoms with Crippen LogP contribution in [-0.4, -0.2) is 22.2 Å². The molecule has 0 saturated heterocycles. The molecule has 244 valence electrons. The summed E-state index contributed by atoms with van der Waals surface area (Å²) in [6.07, 6.45) is 12.7. The average Bonchev–Trinajstić information content (AvgIpc) is 2.95. The van der Waals surface area contributed by atoms with Crippen molar-refractivity contribution in [2.75, 3.05) is 0 Å². The van der Waals surface area contributed by atoms with Gasteiger partial charge in [-0.05, 0) is 136 Å². The van der Waals surface area contributed by atoms with Gasteiger partial charge < -0.3 is 10.2 Å². The first-order chi connectivity index (χ1) is 20.6. The van der Waals surface area contributed by atoms with E-state index in [1.165, 1.54) is 25.7 Å². The Kier molecular flexibility index (Phi) is 7.03. The summed E-state index contributed by atoms with van der Waals surface area (Å²) in [5.74, 6) is 3.20. The Bertz CT molecular complexity index is 1220. The van der Waals surface area contributed by atoms with Crippen LogP contribution in [0.5, 0.6) is 0 Å². The number of allylic oxidation sites excluding steroid dienone is 4. The molecule has 0 aromatic heterocycles. The van der Waals surface area contributed by atoms with Crippen molar-refractivity contribution in [3.05, 3.63) is 22.3 Å². The second-order valence-electron chi connectivity index (χ2n) is 18.6. The van der Waals surface area contributed by atoms with E-state index in [4.69, 9.17) is 0 Å². The molecular formula is C40H60O4. The maximum Gasteiger partial charge on any atom is 0.309 e. The highest BCUT2D eigenvalue weighted by Crippen LogP contribution is 2.74. The molecule has 4 nitrogen and oxygen atoms in total. The van der Waals surface area contributed by atoms with E-state index in [1.807, 2.05) is 0 Å². The number of hydrogen-bond acceptors (Lipinski definition) is 2. The predicted octanol–water partition coefficient (Wildman–Crippen LogP) is 9.79. The van der Waals surface area contributed by atoms with E-state index in [1.54, 1.807) is 22.3 Å². The molecule has 0 aromatic rings. The van der Waals surface area contributed by atoms with Gasteiger partial charge in [0.25, 0.3) is 0 Å². The Morgan fingerprint density at radius 1 is 0.591 bits per heavy atom. The first kappa shape index (κ1) is 31.0. The zero-order valence-electron chi connectivity index (χ0n) is 29.0. The summed E-state index contributed by atoms with van der Waals surface area (Å²) in [4.78, 5) is 26.2. The van der Waals surface area contributed by atoms with Crippen molar-refractivity contribution in [3.8, 4) is 0 Å². The highest BCUT2D eigenvalue weighted by Gasteiger charge is 2.67. The Morgan fingerprint density at radius 3 is 1.27 bits per heavy atom. The molecule has 44 heavy (non-hydrogen) atoms. The summed E-state index contributed by atoms with van der Waals surface area (Å²) >= 11 is 0. The topological polar surface area (TPSA) is 74.6 Å². The van der Waals surface area contributed by atoms with Crippen molar-refractivity contribution in [1.29, 1.82) is 0 Å². The number of fused-ring (bicyclic) bond motifs is 6. The monoisotopic (exact) mass is 604 g/mol. The molecule has 7 aliphatic carbocycles. The van der Waals surface area contributed by atoms with Gasteiger partial charge in [0.2, 0.25) is 0 Å². The smallest absolute Gasteiger partial charge is 0.309 e. The van der Waals surface area contributed by atoms with Gasteiger partial charge in [0.1, 0.15) is 0 Å². The van der Waals surface area contributed by atoms with Crippen LogP contribution in [0.25, 0.3) is 0 Å². The third-order valence-corrected chi connectivity index (χ3v) is 16.3. The lowest BCUT2D eigenvalue weighted by Crippen LogP contribution is -2.60. The van der Waals surface area contributed by atoms with E-state index in [0.29, 0.717) is 47.3 Å². The lowest BCUT2D eigenvalue weighted by Gasteiger charge is -2.67. The van der Waals surface area contributed by atoms with Gasteiger partial charge in [0, 0.05) is 11.8 Å². The number of carboxylic acid groups (broad SMARTS) is 2. The molecule has 0 spiro atoms. The third kappa shape index (κ3) is 3.81. The summed E-state index contributed by atoms with van der Waals surface area (Å²) in [6.45, 7) is 18.9. The van der Waals surface area contributed by atoms with Gasteiger partial charge in [0.15, 0.2) is 0 Å². The number of aliphatic carboxylic acids is 2. The van der Waals surface area contributed by atoms with Gasteiger partial charge in [0.05, 0.1) is 10.8 Å². The van der Waals surface area contributed by atoms with Crippen LogP contribution in [0.1, 0.15) is 132 Å². The lowest BCUT2D eigenvalue weighted by molar-refractivity contribution is -0.168. The normalized spacial score (nSPS) is 49.7. The molecule has 0 bridgehead atoms. The molecule has 4 saturated carbocycles. The molecule has 12 unspecified atom stereocenters. The number of carboxylic acids is 2. The van der Waals surface area contributed by atoms with Gasteiger partial charge in [-0.15, -0.1) is 0 Å². The van der Waals surface area contributed by atoms with Crippen molar-refractivity contribution < 1.29 is 19.8 Å². The second kappa shape index (κ2) is 9.96. The van der Waals surface area contributed by atoms with Gasteiger partial charge in [-0.1, -0.05) is 76.7 Å². The minimum atomic E-state index is -0.659. The molecule has 4 fully saturated rings. The molecule has 0 aromatic carbocycles. The van der Waals surface area contributed by atoms with Crippen LogP contribution < -0.4 is 0 Å². The summed E-state index contributed by atoms with van der Waals surface area (Å²) < 4.78 is 0. The number of carbonyl (C=O) groups is 2. The van der Waals surface area contributed by atoms with E-state index in [9.17, 15) is 19.8 Å². The van der Waals surface area contributed by atoms with Crippen molar-refractivity contribution in [1.82, 2.24) is 0 Å². The average molecular weight is 605 g/mol. The highest BCUT2D eigenvalue weighted by molar-refractivity contribution is 5.76. The minimum Gasteiger partial charge on any atom is -0.481 e. The molecule has 2 N–H and O–H groups in total. The third-order valence-electron chi connectivity index (χ3n) is 16.3. The van der Waals surface area contributed by atoms with Crippen LogP contribution in [0, 0.1) is 80.8 Å². The molecule has 7 rings (SSSR count). The summed E-state index contributed by atoms with van der Waals surface area (Å²) in [5.41, 5.74) is 5.74. The highest BCUT2D eigenvalue weighted by atomic mass is 16.4. The van der Waals surface area contributed by atoms with Crippen LogP contribution in [0.4, 0.5) is 0 Å². The van der Waals surface area contributed by atoms with E-state index >= 15 is 0 Å². The lowest BCUT2D eigenvalue weighted by atomic mass is 9.36. The first-order valence-electron chi connectivity index (χ1n) is 18.6.